The van der Waals surface area contributed by atoms with Gasteiger partial charge in [-0.05, 0) is 26.2 Å². The van der Waals surface area contributed by atoms with Crippen LogP contribution in [0.3, 0.4) is 0 Å². The fraction of sp³-hybridized carbons (Fsp3) is 0.917. The van der Waals surface area contributed by atoms with Gasteiger partial charge in [0.25, 0.3) is 0 Å². The van der Waals surface area contributed by atoms with Gasteiger partial charge in [-0.2, -0.15) is 0 Å². The zero-order valence-electron chi connectivity index (χ0n) is 17.8. The summed E-state index contributed by atoms with van der Waals surface area (Å²) in [5, 5.41) is 0. The molecule has 0 saturated carbocycles. The Kier molecular flexibility index (Phi) is 24.5. The molecule has 0 aromatic rings. The van der Waals surface area contributed by atoms with Crippen LogP contribution < -0.4 is 0 Å². The number of allylic oxidation sites excluding steroid dienone is 2. The Hall–Kier alpha value is -0.240. The largest absolute Gasteiger partial charge is 0.458 e. The maximum atomic E-state index is 10.3. The van der Waals surface area contributed by atoms with E-state index in [1.54, 1.807) is 0 Å². The molecule has 0 fully saturated rings. The van der Waals surface area contributed by atoms with Crippen LogP contribution in [0.2, 0.25) is 0 Å². The van der Waals surface area contributed by atoms with Gasteiger partial charge in [-0.3, -0.25) is 0 Å². The van der Waals surface area contributed by atoms with Gasteiger partial charge in [-0.25, -0.2) is 0 Å². The van der Waals surface area contributed by atoms with E-state index in [1.807, 2.05) is 0 Å². The third-order valence-electron chi connectivity index (χ3n) is 5.33. The summed E-state index contributed by atoms with van der Waals surface area (Å²) in [4.78, 5) is 0. The highest BCUT2D eigenvalue weighted by Gasteiger charge is 1.98. The number of hydrogen-bond acceptors (Lipinski definition) is 1. The van der Waals surface area contributed by atoms with E-state index in [0.717, 1.165) is 23.8 Å². The first-order chi connectivity index (χ1) is 12.9. The minimum atomic E-state index is 0.741. The lowest BCUT2D eigenvalue weighted by molar-refractivity contribution is 0.523. The fourth-order valence-electron chi connectivity index (χ4n) is 3.60. The molecule has 1 nitrogen and oxygen atoms in total. The summed E-state index contributed by atoms with van der Waals surface area (Å²) in [7, 11) is 0. The maximum Gasteiger partial charge on any atom is 0.458 e. The monoisotopic (exact) mass is 383 g/mol. The Morgan fingerprint density at radius 1 is 0.500 bits per heavy atom. The van der Waals surface area contributed by atoms with Crippen molar-refractivity contribution in [1.82, 2.24) is 0 Å². The van der Waals surface area contributed by atoms with Gasteiger partial charge in [0.15, 0.2) is 0 Å². The highest BCUT2D eigenvalue weighted by molar-refractivity contribution is 7.65. The first-order valence-electron chi connectivity index (χ1n) is 11.8. The second-order valence-electron chi connectivity index (χ2n) is 7.90. The summed E-state index contributed by atoms with van der Waals surface area (Å²) in [6.07, 6.45) is 32.4. The SMILES string of the molecule is CC=CCCCCCCCCCCCCCCCCCCCCC[S+]=O. The molecule has 0 rings (SSSR count). The van der Waals surface area contributed by atoms with E-state index in [2.05, 4.69) is 19.1 Å². The molecule has 0 aliphatic carbocycles. The van der Waals surface area contributed by atoms with Crippen LogP contribution in [0, 0.1) is 0 Å². The molecule has 0 amide bonds. The Balaban J connectivity index is 2.97. The van der Waals surface area contributed by atoms with E-state index in [1.165, 1.54) is 122 Å². The van der Waals surface area contributed by atoms with Crippen molar-refractivity contribution in [3.63, 3.8) is 0 Å². The maximum absolute atomic E-state index is 10.3. The van der Waals surface area contributed by atoms with Gasteiger partial charge in [-0.15, -0.1) is 0 Å². The summed E-state index contributed by atoms with van der Waals surface area (Å²) < 4.78 is 10.3. The molecule has 0 atom stereocenters. The lowest BCUT2D eigenvalue weighted by atomic mass is 10.0. The lowest BCUT2D eigenvalue weighted by Crippen LogP contribution is -1.85. The molecule has 0 spiro atoms. The number of unbranched alkanes of at least 4 members (excludes halogenated alkanes) is 19. The second-order valence-corrected chi connectivity index (χ2v) is 8.54. The molecule has 0 N–H and O–H groups in total. The van der Waals surface area contributed by atoms with Crippen LogP contribution in [0.1, 0.15) is 135 Å². The zero-order valence-corrected chi connectivity index (χ0v) is 18.6. The smallest absolute Gasteiger partial charge is 0.0917 e. The minimum Gasteiger partial charge on any atom is -0.0917 e. The molecule has 0 unspecified atom stereocenters. The van der Waals surface area contributed by atoms with Gasteiger partial charge in [0.1, 0.15) is 0 Å². The van der Waals surface area contributed by atoms with Gasteiger partial charge in [0.05, 0.1) is 0 Å². The Morgan fingerprint density at radius 3 is 1.12 bits per heavy atom. The summed E-state index contributed by atoms with van der Waals surface area (Å²) in [5.74, 6) is 0.803. The average Bonchev–Trinajstić information content (AvgIpc) is 2.66. The van der Waals surface area contributed by atoms with E-state index in [4.69, 9.17) is 0 Å². The van der Waals surface area contributed by atoms with Gasteiger partial charge in [-0.1, -0.05) is 115 Å². The van der Waals surface area contributed by atoms with Crippen LogP contribution in [0.5, 0.6) is 0 Å². The van der Waals surface area contributed by atoms with Crippen molar-refractivity contribution in [1.29, 1.82) is 0 Å². The summed E-state index contributed by atoms with van der Waals surface area (Å²) in [5.41, 5.74) is 0. The van der Waals surface area contributed by atoms with Crippen molar-refractivity contribution < 1.29 is 4.21 Å². The molecule has 154 valence electrons. The van der Waals surface area contributed by atoms with Crippen LogP contribution in [-0.2, 0) is 15.9 Å². The van der Waals surface area contributed by atoms with Gasteiger partial charge < -0.3 is 0 Å². The molecule has 0 aromatic carbocycles. The highest BCUT2D eigenvalue weighted by atomic mass is 32.1. The van der Waals surface area contributed by atoms with Crippen molar-refractivity contribution >= 4 is 11.7 Å². The lowest BCUT2D eigenvalue weighted by Gasteiger charge is -2.03. The van der Waals surface area contributed by atoms with Crippen LogP contribution in [0.4, 0.5) is 0 Å². The third kappa shape index (κ3) is 23.8. The Morgan fingerprint density at radius 2 is 0.808 bits per heavy atom. The molecule has 0 bridgehead atoms. The molecule has 0 saturated heterocycles. The number of rotatable bonds is 22. The molecular weight excluding hydrogens is 336 g/mol. The highest BCUT2D eigenvalue weighted by Crippen LogP contribution is 2.14. The number of hydrogen-bond donors (Lipinski definition) is 0. The summed E-state index contributed by atoms with van der Waals surface area (Å²) in [6.45, 7) is 2.11. The molecule has 2 heteroatoms. The first-order valence-corrected chi connectivity index (χ1v) is 12.7. The van der Waals surface area contributed by atoms with Crippen molar-refractivity contribution in [2.24, 2.45) is 0 Å². The van der Waals surface area contributed by atoms with E-state index in [9.17, 15) is 4.21 Å². The standard InChI is InChI=1S/C24H47OS/c1-2-3-4-5-6-7-8-9-10-11-12-13-14-15-16-17-18-19-20-21-22-23-24-26-25/h2-3H,4-24H2,1H3/q+1. The molecule has 26 heavy (non-hydrogen) atoms. The first kappa shape index (κ1) is 25.8. The molecule has 0 aliphatic heterocycles. The zero-order chi connectivity index (χ0) is 19.0. The average molecular weight is 384 g/mol. The molecule has 0 aromatic heterocycles. The molecular formula is C24H47OS+. The topological polar surface area (TPSA) is 17.1 Å². The fourth-order valence-corrected chi connectivity index (χ4v) is 3.92. The quantitative estimate of drug-likeness (QED) is 0.104. The van der Waals surface area contributed by atoms with E-state index in [-0.39, 0.29) is 0 Å². The van der Waals surface area contributed by atoms with Gasteiger partial charge in [0, 0.05) is 10.6 Å². The Labute approximate surface area is 169 Å². The van der Waals surface area contributed by atoms with Crippen molar-refractivity contribution in [3.05, 3.63) is 12.2 Å². The Bertz CT molecular complexity index is 288. The van der Waals surface area contributed by atoms with Gasteiger partial charge in [0.2, 0.25) is 5.75 Å². The molecule has 0 aliphatic rings. The predicted octanol–water partition coefficient (Wildman–Crippen LogP) is 8.79. The van der Waals surface area contributed by atoms with Crippen molar-refractivity contribution in [2.45, 2.75) is 135 Å². The summed E-state index contributed by atoms with van der Waals surface area (Å²) in [6, 6.07) is 0. The van der Waals surface area contributed by atoms with E-state index >= 15 is 0 Å². The summed E-state index contributed by atoms with van der Waals surface area (Å²) >= 11 is 0.741. The van der Waals surface area contributed by atoms with Crippen LogP contribution in [-0.4, -0.2) is 5.75 Å². The van der Waals surface area contributed by atoms with Crippen LogP contribution in [0.15, 0.2) is 12.2 Å². The van der Waals surface area contributed by atoms with Crippen LogP contribution in [0.25, 0.3) is 0 Å². The van der Waals surface area contributed by atoms with Crippen molar-refractivity contribution in [3.8, 4) is 0 Å². The van der Waals surface area contributed by atoms with E-state index < -0.39 is 0 Å². The molecule has 0 radical (unpaired) electrons. The minimum absolute atomic E-state index is 0.741. The van der Waals surface area contributed by atoms with Crippen LogP contribution >= 0.6 is 0 Å². The normalized spacial score (nSPS) is 11.4. The predicted molar refractivity (Wildman–Crippen MR) is 120 cm³/mol. The van der Waals surface area contributed by atoms with E-state index in [0.29, 0.717) is 0 Å². The second kappa shape index (κ2) is 24.8. The van der Waals surface area contributed by atoms with Crippen molar-refractivity contribution in [2.75, 3.05) is 5.75 Å². The van der Waals surface area contributed by atoms with Gasteiger partial charge >= 0.3 is 11.7 Å². The molecule has 0 heterocycles. The third-order valence-corrected chi connectivity index (χ3v) is 5.79.